The molecule has 8 heteroatoms. The lowest BCUT2D eigenvalue weighted by Gasteiger charge is -2.25. The largest absolute Gasteiger partial charge is 0.497 e. The Morgan fingerprint density at radius 2 is 1.65 bits per heavy atom. The minimum absolute atomic E-state index is 0.419. The van der Waals surface area contributed by atoms with Crippen LogP contribution in [0.2, 0.25) is 0 Å². The van der Waals surface area contributed by atoms with Gasteiger partial charge in [-0.3, -0.25) is 0 Å². The van der Waals surface area contributed by atoms with Crippen LogP contribution in [-0.2, 0) is 0 Å². The molecule has 2 aromatic heterocycles. The highest BCUT2D eigenvalue weighted by Gasteiger charge is 2.19. The highest BCUT2D eigenvalue weighted by Crippen LogP contribution is 2.21. The topological polar surface area (TPSA) is 81.3 Å². The van der Waals surface area contributed by atoms with Gasteiger partial charge in [0, 0.05) is 18.7 Å². The molecule has 3 heterocycles. The highest BCUT2D eigenvalue weighted by atomic mass is 16.5. The quantitative estimate of drug-likeness (QED) is 0.726. The van der Waals surface area contributed by atoms with E-state index in [0.717, 1.165) is 30.4 Å². The monoisotopic (exact) mass is 311 g/mol. The van der Waals surface area contributed by atoms with Crippen LogP contribution in [0.3, 0.4) is 0 Å². The molecule has 23 heavy (non-hydrogen) atoms. The summed E-state index contributed by atoms with van der Waals surface area (Å²) in [5, 5.41) is 21.2. The van der Waals surface area contributed by atoms with Crippen molar-refractivity contribution >= 4 is 11.7 Å². The second-order valence-electron chi connectivity index (χ2n) is 5.51. The Hall–Kier alpha value is -2.77. The number of rotatable bonds is 3. The van der Waals surface area contributed by atoms with Gasteiger partial charge in [-0.2, -0.15) is 4.52 Å². The maximum atomic E-state index is 5.17. The zero-order valence-corrected chi connectivity index (χ0v) is 12.9. The van der Waals surface area contributed by atoms with Crippen LogP contribution >= 0.6 is 0 Å². The van der Waals surface area contributed by atoms with Crippen molar-refractivity contribution in [1.82, 2.24) is 30.0 Å². The molecule has 0 unspecified atom stereocenters. The molecular weight excluding hydrogens is 294 g/mol. The average Bonchev–Trinajstić information content (AvgIpc) is 3.05. The molecule has 3 aromatic rings. The summed E-state index contributed by atoms with van der Waals surface area (Å²) >= 11 is 0. The van der Waals surface area contributed by atoms with E-state index in [1.54, 1.807) is 11.6 Å². The molecule has 0 saturated carbocycles. The van der Waals surface area contributed by atoms with Crippen molar-refractivity contribution in [1.29, 1.82) is 0 Å². The Kier molecular flexibility index (Phi) is 3.49. The predicted molar refractivity (Wildman–Crippen MR) is 84.4 cm³/mol. The fourth-order valence-electron chi connectivity index (χ4n) is 2.77. The zero-order valence-electron chi connectivity index (χ0n) is 12.9. The predicted octanol–water partition coefficient (Wildman–Crippen LogP) is 1.58. The van der Waals surface area contributed by atoms with Crippen molar-refractivity contribution in [2.24, 2.45) is 0 Å². The molecule has 1 fully saturated rings. The Balaban J connectivity index is 1.73. The van der Waals surface area contributed by atoms with E-state index in [9.17, 15) is 0 Å². The first-order valence-corrected chi connectivity index (χ1v) is 7.71. The van der Waals surface area contributed by atoms with Gasteiger partial charge in [0.25, 0.3) is 5.78 Å². The summed E-state index contributed by atoms with van der Waals surface area (Å²) in [6.07, 6.45) is 3.59. The maximum Gasteiger partial charge on any atom is 0.292 e. The van der Waals surface area contributed by atoms with Gasteiger partial charge in [-0.25, -0.2) is 0 Å². The number of hydrogen-bond donors (Lipinski definition) is 0. The Morgan fingerprint density at radius 1 is 0.913 bits per heavy atom. The third-order valence-corrected chi connectivity index (χ3v) is 4.02. The van der Waals surface area contributed by atoms with E-state index in [4.69, 9.17) is 4.74 Å². The van der Waals surface area contributed by atoms with Crippen molar-refractivity contribution < 1.29 is 4.74 Å². The van der Waals surface area contributed by atoms with Gasteiger partial charge in [-0.15, -0.1) is 25.5 Å². The molecule has 0 amide bonds. The molecule has 118 valence electrons. The first kappa shape index (κ1) is 13.9. The first-order chi connectivity index (χ1) is 11.3. The van der Waals surface area contributed by atoms with Crippen molar-refractivity contribution in [2.45, 2.75) is 19.3 Å². The number of aromatic nitrogens is 6. The molecule has 1 aliphatic rings. The van der Waals surface area contributed by atoms with Crippen LogP contribution in [0.1, 0.15) is 19.3 Å². The van der Waals surface area contributed by atoms with Gasteiger partial charge >= 0.3 is 0 Å². The number of anilines is 1. The van der Waals surface area contributed by atoms with Gasteiger partial charge in [-0.1, -0.05) is 0 Å². The Morgan fingerprint density at radius 3 is 2.39 bits per heavy atom. The summed E-state index contributed by atoms with van der Waals surface area (Å²) in [7, 11) is 1.64. The van der Waals surface area contributed by atoms with Gasteiger partial charge in [-0.05, 0) is 43.5 Å². The van der Waals surface area contributed by atoms with Crippen LogP contribution in [0, 0.1) is 0 Å². The summed E-state index contributed by atoms with van der Waals surface area (Å²) in [5.41, 5.74) is 0.874. The van der Waals surface area contributed by atoms with E-state index < -0.39 is 0 Å². The van der Waals surface area contributed by atoms with E-state index in [0.29, 0.717) is 11.6 Å². The summed E-state index contributed by atoms with van der Waals surface area (Å²) in [5.74, 6) is 2.49. The molecule has 4 rings (SSSR count). The van der Waals surface area contributed by atoms with Gasteiger partial charge in [0.1, 0.15) is 5.75 Å². The van der Waals surface area contributed by atoms with Crippen LogP contribution in [0.4, 0.5) is 5.95 Å². The number of nitrogens with zero attached hydrogens (tertiary/aromatic N) is 7. The van der Waals surface area contributed by atoms with Crippen LogP contribution in [0.25, 0.3) is 17.2 Å². The van der Waals surface area contributed by atoms with Gasteiger partial charge in [0.05, 0.1) is 7.11 Å². The molecule has 0 spiro atoms. The van der Waals surface area contributed by atoms with Crippen molar-refractivity contribution in [3.8, 4) is 17.1 Å². The van der Waals surface area contributed by atoms with Crippen LogP contribution in [0.15, 0.2) is 24.3 Å². The van der Waals surface area contributed by atoms with E-state index in [1.165, 1.54) is 19.3 Å². The Bertz CT molecular complexity index is 808. The number of piperidine rings is 1. The van der Waals surface area contributed by atoms with Gasteiger partial charge < -0.3 is 9.64 Å². The fourth-order valence-corrected chi connectivity index (χ4v) is 2.77. The number of benzene rings is 1. The van der Waals surface area contributed by atoms with E-state index in [2.05, 4.69) is 30.4 Å². The van der Waals surface area contributed by atoms with Crippen molar-refractivity contribution in [3.63, 3.8) is 0 Å². The van der Waals surface area contributed by atoms with E-state index >= 15 is 0 Å². The second-order valence-corrected chi connectivity index (χ2v) is 5.51. The smallest absolute Gasteiger partial charge is 0.292 e. The molecule has 0 N–H and O–H groups in total. The van der Waals surface area contributed by atoms with Crippen LogP contribution < -0.4 is 9.64 Å². The summed E-state index contributed by atoms with van der Waals surface area (Å²) in [6, 6.07) is 7.57. The molecule has 0 bridgehead atoms. The Labute approximate surface area is 133 Å². The fraction of sp³-hybridized carbons (Fsp3) is 0.400. The third kappa shape index (κ3) is 2.56. The first-order valence-electron chi connectivity index (χ1n) is 7.71. The van der Waals surface area contributed by atoms with Crippen LogP contribution in [-0.4, -0.2) is 50.2 Å². The summed E-state index contributed by atoms with van der Waals surface area (Å²) < 4.78 is 6.85. The second kappa shape index (κ2) is 5.79. The van der Waals surface area contributed by atoms with E-state index in [1.807, 2.05) is 24.3 Å². The number of hydrogen-bond acceptors (Lipinski definition) is 7. The molecule has 0 aliphatic carbocycles. The third-order valence-electron chi connectivity index (χ3n) is 4.02. The molecule has 8 nitrogen and oxygen atoms in total. The standard InChI is InChI=1S/C15H17N7O/c1-23-12-7-5-11(6-8-12)13-16-17-14-18-19-15(22(14)20-13)21-9-3-2-4-10-21/h5-8H,2-4,9-10H2,1H3. The molecule has 0 atom stereocenters. The number of methoxy groups -OCH3 is 1. The van der Waals surface area contributed by atoms with Crippen molar-refractivity contribution in [2.75, 3.05) is 25.1 Å². The SMILES string of the molecule is COc1ccc(-c2nnc3nnc(N4CCCCC4)n3n2)cc1. The highest BCUT2D eigenvalue weighted by molar-refractivity contribution is 5.56. The minimum Gasteiger partial charge on any atom is -0.497 e. The van der Waals surface area contributed by atoms with Crippen molar-refractivity contribution in [3.05, 3.63) is 24.3 Å². The molecule has 1 saturated heterocycles. The average molecular weight is 311 g/mol. The lowest BCUT2D eigenvalue weighted by Crippen LogP contribution is -2.31. The van der Waals surface area contributed by atoms with Gasteiger partial charge in [0.15, 0.2) is 0 Å². The maximum absolute atomic E-state index is 5.17. The lowest BCUT2D eigenvalue weighted by molar-refractivity contribution is 0.415. The van der Waals surface area contributed by atoms with E-state index in [-0.39, 0.29) is 0 Å². The molecular formula is C15H17N7O. The number of ether oxygens (including phenoxy) is 1. The molecule has 1 aliphatic heterocycles. The van der Waals surface area contributed by atoms with Crippen LogP contribution in [0.5, 0.6) is 5.75 Å². The summed E-state index contributed by atoms with van der Waals surface area (Å²) in [4.78, 5) is 2.20. The number of fused-ring (bicyclic) bond motifs is 1. The molecule has 0 radical (unpaired) electrons. The lowest BCUT2D eigenvalue weighted by atomic mass is 10.1. The van der Waals surface area contributed by atoms with Gasteiger partial charge in [0.2, 0.25) is 11.8 Å². The summed E-state index contributed by atoms with van der Waals surface area (Å²) in [6.45, 7) is 1.95. The molecule has 1 aromatic carbocycles. The normalized spacial score (nSPS) is 15.1. The minimum atomic E-state index is 0.419. The zero-order chi connectivity index (χ0) is 15.6.